The summed E-state index contributed by atoms with van der Waals surface area (Å²) in [6.45, 7) is 0.381. The Balaban J connectivity index is 2.57. The van der Waals surface area contributed by atoms with Crippen LogP contribution in [0.15, 0.2) is 24.3 Å². The molecule has 0 spiro atoms. The van der Waals surface area contributed by atoms with Crippen LogP contribution in [0.2, 0.25) is 0 Å². The molecule has 1 aromatic carbocycles. The molecule has 0 aliphatic heterocycles. The Morgan fingerprint density at radius 3 is 2.25 bits per heavy atom. The third-order valence-corrected chi connectivity index (χ3v) is 2.84. The van der Waals surface area contributed by atoms with Gasteiger partial charge in [-0.2, -0.15) is 0 Å². The van der Waals surface area contributed by atoms with Gasteiger partial charge in [0.05, 0.1) is 6.42 Å². The Kier molecular flexibility index (Phi) is 5.71. The predicted molar refractivity (Wildman–Crippen MR) is 73.2 cm³/mol. The summed E-state index contributed by atoms with van der Waals surface area (Å²) in [5.74, 6) is -1.37. The van der Waals surface area contributed by atoms with Crippen molar-refractivity contribution in [3.63, 3.8) is 0 Å². The van der Waals surface area contributed by atoms with Crippen LogP contribution < -0.4 is 5.32 Å². The molecule has 1 rings (SSSR count). The van der Waals surface area contributed by atoms with E-state index < -0.39 is 5.97 Å². The molecule has 0 bridgehead atoms. The summed E-state index contributed by atoms with van der Waals surface area (Å²) in [5.41, 5.74) is 1.43. The van der Waals surface area contributed by atoms with Crippen molar-refractivity contribution in [3.05, 3.63) is 35.4 Å². The summed E-state index contributed by atoms with van der Waals surface area (Å²) >= 11 is 0. The van der Waals surface area contributed by atoms with E-state index in [2.05, 4.69) is 5.32 Å². The van der Waals surface area contributed by atoms with Crippen LogP contribution in [0.4, 0.5) is 0 Å². The SMILES string of the molecule is CNC(=O)c1ccc(CN(C)C(=O)CCC(=O)O)cc1. The number of rotatable bonds is 6. The Morgan fingerprint density at radius 1 is 1.15 bits per heavy atom. The van der Waals surface area contributed by atoms with Crippen LogP contribution in [0.1, 0.15) is 28.8 Å². The van der Waals surface area contributed by atoms with Gasteiger partial charge >= 0.3 is 5.97 Å². The first-order valence-corrected chi connectivity index (χ1v) is 6.21. The van der Waals surface area contributed by atoms with Gasteiger partial charge in [0.1, 0.15) is 0 Å². The molecule has 0 saturated carbocycles. The molecule has 0 heterocycles. The summed E-state index contributed by atoms with van der Waals surface area (Å²) in [5, 5.41) is 11.1. The minimum Gasteiger partial charge on any atom is -0.481 e. The molecule has 2 N–H and O–H groups in total. The number of carboxylic acids is 1. The van der Waals surface area contributed by atoms with Gasteiger partial charge in [0.25, 0.3) is 5.91 Å². The van der Waals surface area contributed by atoms with Gasteiger partial charge in [-0.25, -0.2) is 0 Å². The lowest BCUT2D eigenvalue weighted by molar-refractivity contribution is -0.140. The highest BCUT2D eigenvalue weighted by molar-refractivity contribution is 5.93. The summed E-state index contributed by atoms with van der Waals surface area (Å²) in [7, 11) is 3.18. The average molecular weight is 278 g/mol. The molecule has 0 aromatic heterocycles. The number of amides is 2. The first-order valence-electron chi connectivity index (χ1n) is 6.21. The minimum atomic E-state index is -0.985. The van der Waals surface area contributed by atoms with E-state index in [1.807, 2.05) is 0 Å². The number of nitrogens with one attached hydrogen (secondary N) is 1. The highest BCUT2D eigenvalue weighted by Crippen LogP contribution is 2.08. The van der Waals surface area contributed by atoms with Crippen molar-refractivity contribution >= 4 is 17.8 Å². The monoisotopic (exact) mass is 278 g/mol. The number of benzene rings is 1. The van der Waals surface area contributed by atoms with Gasteiger partial charge in [0.15, 0.2) is 0 Å². The fourth-order valence-corrected chi connectivity index (χ4v) is 1.67. The van der Waals surface area contributed by atoms with Gasteiger partial charge < -0.3 is 15.3 Å². The zero-order valence-corrected chi connectivity index (χ0v) is 11.5. The van der Waals surface area contributed by atoms with E-state index in [1.165, 1.54) is 4.90 Å². The molecule has 1 aromatic rings. The van der Waals surface area contributed by atoms with Crippen molar-refractivity contribution in [1.82, 2.24) is 10.2 Å². The number of hydrogen-bond donors (Lipinski definition) is 2. The number of nitrogens with zero attached hydrogens (tertiary/aromatic N) is 1. The molecule has 108 valence electrons. The Morgan fingerprint density at radius 2 is 1.75 bits per heavy atom. The van der Waals surface area contributed by atoms with E-state index in [4.69, 9.17) is 5.11 Å². The van der Waals surface area contributed by atoms with Crippen LogP contribution in [-0.2, 0) is 16.1 Å². The van der Waals surface area contributed by atoms with E-state index in [0.29, 0.717) is 12.1 Å². The fourth-order valence-electron chi connectivity index (χ4n) is 1.67. The van der Waals surface area contributed by atoms with E-state index >= 15 is 0 Å². The summed E-state index contributed by atoms with van der Waals surface area (Å²) in [4.78, 5) is 34.9. The lowest BCUT2D eigenvalue weighted by atomic mass is 10.1. The molecule has 0 radical (unpaired) electrons. The third-order valence-electron chi connectivity index (χ3n) is 2.84. The molecule has 6 nitrogen and oxygen atoms in total. The molecule has 0 aliphatic rings. The van der Waals surface area contributed by atoms with Gasteiger partial charge in [-0.15, -0.1) is 0 Å². The van der Waals surface area contributed by atoms with Gasteiger partial charge in [-0.1, -0.05) is 12.1 Å². The number of aliphatic carboxylic acids is 1. The molecule has 20 heavy (non-hydrogen) atoms. The van der Waals surface area contributed by atoms with E-state index in [1.54, 1.807) is 38.4 Å². The largest absolute Gasteiger partial charge is 0.481 e. The average Bonchev–Trinajstić information content (AvgIpc) is 2.44. The maximum absolute atomic E-state index is 11.7. The Hall–Kier alpha value is -2.37. The van der Waals surface area contributed by atoms with E-state index in [-0.39, 0.29) is 24.7 Å². The van der Waals surface area contributed by atoms with Gasteiger partial charge in [0.2, 0.25) is 5.91 Å². The first-order chi connectivity index (χ1) is 9.43. The molecule has 0 atom stereocenters. The number of carbonyl (C=O) groups excluding carboxylic acids is 2. The van der Waals surface area contributed by atoms with Crippen molar-refractivity contribution in [1.29, 1.82) is 0 Å². The second-order valence-corrected chi connectivity index (χ2v) is 4.42. The van der Waals surface area contributed by atoms with Crippen molar-refractivity contribution in [3.8, 4) is 0 Å². The number of carbonyl (C=O) groups is 3. The molecule has 6 heteroatoms. The van der Waals surface area contributed by atoms with Crippen LogP contribution in [-0.4, -0.2) is 41.9 Å². The van der Waals surface area contributed by atoms with Crippen LogP contribution in [0.5, 0.6) is 0 Å². The van der Waals surface area contributed by atoms with Crippen molar-refractivity contribution in [2.75, 3.05) is 14.1 Å². The van der Waals surface area contributed by atoms with E-state index in [9.17, 15) is 14.4 Å². The Labute approximate surface area is 117 Å². The van der Waals surface area contributed by atoms with Crippen LogP contribution in [0.3, 0.4) is 0 Å². The quantitative estimate of drug-likeness (QED) is 0.808. The van der Waals surface area contributed by atoms with Gasteiger partial charge in [-0.05, 0) is 17.7 Å². The van der Waals surface area contributed by atoms with Crippen LogP contribution in [0, 0.1) is 0 Å². The smallest absolute Gasteiger partial charge is 0.303 e. The maximum Gasteiger partial charge on any atom is 0.303 e. The maximum atomic E-state index is 11.7. The van der Waals surface area contributed by atoms with Crippen molar-refractivity contribution in [2.24, 2.45) is 0 Å². The highest BCUT2D eigenvalue weighted by Gasteiger charge is 2.11. The van der Waals surface area contributed by atoms with Gasteiger partial charge in [0, 0.05) is 32.6 Å². The highest BCUT2D eigenvalue weighted by atomic mass is 16.4. The Bertz CT molecular complexity index is 496. The predicted octanol–water partition coefficient (Wildman–Crippen LogP) is 0.869. The van der Waals surface area contributed by atoms with Gasteiger partial charge in [-0.3, -0.25) is 14.4 Å². The van der Waals surface area contributed by atoms with Crippen molar-refractivity contribution < 1.29 is 19.5 Å². The van der Waals surface area contributed by atoms with E-state index in [0.717, 1.165) is 5.56 Å². The van der Waals surface area contributed by atoms with Crippen LogP contribution in [0.25, 0.3) is 0 Å². The summed E-state index contributed by atoms with van der Waals surface area (Å²) in [6.07, 6.45) is -0.180. The summed E-state index contributed by atoms with van der Waals surface area (Å²) < 4.78 is 0. The normalized spacial score (nSPS) is 9.90. The second kappa shape index (κ2) is 7.28. The standard InChI is InChI=1S/C14H18N2O4/c1-15-14(20)11-5-3-10(4-6-11)9-16(2)12(17)7-8-13(18)19/h3-6H,7-9H2,1-2H3,(H,15,20)(H,18,19). The molecular weight excluding hydrogens is 260 g/mol. The molecule has 0 fully saturated rings. The zero-order chi connectivity index (χ0) is 15.1. The molecular formula is C14H18N2O4. The molecule has 0 saturated heterocycles. The molecule has 2 amide bonds. The van der Waals surface area contributed by atoms with Crippen LogP contribution >= 0.6 is 0 Å². The minimum absolute atomic E-state index is 0.0117. The first kappa shape index (κ1) is 15.7. The molecule has 0 unspecified atom stereocenters. The lowest BCUT2D eigenvalue weighted by Crippen LogP contribution is -2.26. The number of hydrogen-bond acceptors (Lipinski definition) is 3. The topological polar surface area (TPSA) is 86.7 Å². The summed E-state index contributed by atoms with van der Waals surface area (Å²) in [6, 6.07) is 6.91. The fraction of sp³-hybridized carbons (Fsp3) is 0.357. The number of carboxylic acid groups (broad SMARTS) is 1. The zero-order valence-electron chi connectivity index (χ0n) is 11.5. The lowest BCUT2D eigenvalue weighted by Gasteiger charge is -2.17. The molecule has 0 aliphatic carbocycles. The van der Waals surface area contributed by atoms with Crippen molar-refractivity contribution in [2.45, 2.75) is 19.4 Å². The third kappa shape index (κ3) is 4.72. The second-order valence-electron chi connectivity index (χ2n) is 4.42.